The molecule has 1 aliphatic heterocycles. The minimum Gasteiger partial charge on any atom is -0.506 e. The van der Waals surface area contributed by atoms with Crippen molar-refractivity contribution in [2.75, 3.05) is 5.88 Å². The number of alkyl halides is 1. The van der Waals surface area contributed by atoms with Gasteiger partial charge in [0, 0.05) is 6.08 Å². The van der Waals surface area contributed by atoms with Gasteiger partial charge in [-0.2, -0.15) is 0 Å². The van der Waals surface area contributed by atoms with Crippen LogP contribution < -0.4 is 0 Å². The molecule has 0 saturated heterocycles. The Balaban J connectivity index is 3.05. The lowest BCUT2D eigenvalue weighted by Gasteiger charge is -2.23. The molecule has 6 heteroatoms. The zero-order valence-electron chi connectivity index (χ0n) is 6.40. The van der Waals surface area contributed by atoms with E-state index in [2.05, 4.69) is 4.74 Å². The van der Waals surface area contributed by atoms with E-state index in [0.29, 0.717) is 0 Å². The zero-order chi connectivity index (χ0) is 10.1. The summed E-state index contributed by atoms with van der Waals surface area (Å²) < 4.78 is 4.68. The van der Waals surface area contributed by atoms with E-state index in [1.807, 2.05) is 0 Å². The topological polar surface area (TPSA) is 87.0 Å². The lowest BCUT2D eigenvalue weighted by Crippen LogP contribution is -2.40. The maximum atomic E-state index is 10.6. The van der Waals surface area contributed by atoms with Gasteiger partial charge in [-0.3, -0.25) is 0 Å². The van der Waals surface area contributed by atoms with Crippen molar-refractivity contribution in [3.05, 3.63) is 23.9 Å². The quantitative estimate of drug-likeness (QED) is 0.568. The molecule has 72 valence electrons. The Morgan fingerprint density at radius 2 is 2.31 bits per heavy atom. The maximum Gasteiger partial charge on any atom is 0.348 e. The molecule has 1 unspecified atom stereocenters. The molecular weight excluding hydrogens is 200 g/mol. The van der Waals surface area contributed by atoms with E-state index in [1.165, 1.54) is 0 Å². The smallest absolute Gasteiger partial charge is 0.348 e. The Morgan fingerprint density at radius 1 is 1.69 bits per heavy atom. The average Bonchev–Trinajstić information content (AvgIpc) is 2.09. The maximum absolute atomic E-state index is 10.6. The summed E-state index contributed by atoms with van der Waals surface area (Å²) in [4.78, 5) is 10.6. The van der Waals surface area contributed by atoms with Crippen LogP contribution in [0.15, 0.2) is 23.9 Å². The van der Waals surface area contributed by atoms with Crippen molar-refractivity contribution in [2.45, 2.75) is 5.60 Å². The summed E-state index contributed by atoms with van der Waals surface area (Å²) in [7, 11) is 0. The molecule has 0 spiro atoms. The lowest BCUT2D eigenvalue weighted by atomic mass is 10.0. The number of ether oxygens (including phenoxy) is 1. The van der Waals surface area contributed by atoms with Gasteiger partial charge in [-0.25, -0.2) is 4.79 Å². The summed E-state index contributed by atoms with van der Waals surface area (Å²) in [5, 5.41) is 27.0. The number of aliphatic hydroxyl groups excluding tert-OH is 1. The summed E-state index contributed by atoms with van der Waals surface area (Å²) in [6.45, 7) is 0. The Bertz CT molecular complexity index is 295. The van der Waals surface area contributed by atoms with Crippen LogP contribution in [0.2, 0.25) is 0 Å². The number of hydrogen-bond donors (Lipinski definition) is 3. The van der Waals surface area contributed by atoms with Gasteiger partial charge in [0.05, 0.1) is 5.88 Å². The van der Waals surface area contributed by atoms with Crippen LogP contribution >= 0.6 is 11.6 Å². The molecule has 0 saturated carbocycles. The van der Waals surface area contributed by atoms with Crippen LogP contribution in [0.4, 0.5) is 0 Å². The molecule has 0 radical (unpaired) electrons. The van der Waals surface area contributed by atoms with E-state index in [1.54, 1.807) is 0 Å². The Morgan fingerprint density at radius 3 is 2.77 bits per heavy atom. The fourth-order valence-corrected chi connectivity index (χ4v) is 0.944. The van der Waals surface area contributed by atoms with Gasteiger partial charge in [-0.15, -0.1) is 11.6 Å². The highest BCUT2D eigenvalue weighted by molar-refractivity contribution is 6.19. The summed E-state index contributed by atoms with van der Waals surface area (Å²) in [5.74, 6) is -2.38. The molecule has 0 aromatic rings. The first-order valence-electron chi connectivity index (χ1n) is 3.30. The Labute approximate surface area is 78.5 Å². The number of rotatable bonds is 2. The first kappa shape index (κ1) is 9.88. The fraction of sp³-hybridized carbons (Fsp3) is 0.286. The minimum absolute atomic E-state index is 0.0735. The number of allylic oxidation sites excluding steroid dienone is 1. The van der Waals surface area contributed by atoms with Crippen LogP contribution in [0.5, 0.6) is 0 Å². The normalized spacial score (nSPS) is 27.2. The highest BCUT2D eigenvalue weighted by atomic mass is 35.5. The van der Waals surface area contributed by atoms with E-state index >= 15 is 0 Å². The van der Waals surface area contributed by atoms with Crippen LogP contribution in [0, 0.1) is 0 Å². The number of carbonyl (C=O) groups is 1. The molecule has 1 rings (SSSR count). The van der Waals surface area contributed by atoms with Crippen LogP contribution in [-0.4, -0.2) is 32.8 Å². The molecule has 1 aliphatic rings. The standard InChI is InChI=1S/C7H7ClO5/c8-2-4-1-7(12,6(10)11)5(9)3-13-4/h1,3,9,12H,2H2,(H,10,11). The van der Waals surface area contributed by atoms with Crippen molar-refractivity contribution in [3.8, 4) is 0 Å². The van der Waals surface area contributed by atoms with Crippen LogP contribution in [0.25, 0.3) is 0 Å². The van der Waals surface area contributed by atoms with Crippen molar-refractivity contribution in [2.24, 2.45) is 0 Å². The molecule has 3 N–H and O–H groups in total. The lowest BCUT2D eigenvalue weighted by molar-refractivity contribution is -0.153. The molecule has 0 aromatic heterocycles. The van der Waals surface area contributed by atoms with Gasteiger partial charge in [-0.05, 0) is 0 Å². The van der Waals surface area contributed by atoms with E-state index < -0.39 is 17.3 Å². The van der Waals surface area contributed by atoms with E-state index in [9.17, 15) is 9.90 Å². The predicted octanol–water partition coefficient (Wildman–Crippen LogP) is 0.354. The molecular formula is C7H7ClO5. The molecule has 0 amide bonds. The fourth-order valence-electron chi connectivity index (χ4n) is 0.804. The first-order chi connectivity index (χ1) is 6.00. The van der Waals surface area contributed by atoms with Gasteiger partial charge in [0.25, 0.3) is 0 Å². The monoisotopic (exact) mass is 206 g/mol. The van der Waals surface area contributed by atoms with Gasteiger partial charge in [-0.1, -0.05) is 0 Å². The predicted molar refractivity (Wildman–Crippen MR) is 43.2 cm³/mol. The number of carboxylic acid groups (broad SMARTS) is 1. The molecule has 0 bridgehead atoms. The van der Waals surface area contributed by atoms with Gasteiger partial charge in [0.1, 0.15) is 12.0 Å². The number of hydrogen-bond acceptors (Lipinski definition) is 4. The second kappa shape index (κ2) is 3.27. The van der Waals surface area contributed by atoms with Crippen molar-refractivity contribution in [1.29, 1.82) is 0 Å². The second-order valence-electron chi connectivity index (χ2n) is 2.44. The molecule has 1 heterocycles. The average molecular weight is 207 g/mol. The molecule has 0 aromatic carbocycles. The van der Waals surface area contributed by atoms with E-state index in [-0.39, 0.29) is 11.6 Å². The van der Waals surface area contributed by atoms with Gasteiger partial charge in [0.15, 0.2) is 5.76 Å². The van der Waals surface area contributed by atoms with Crippen molar-refractivity contribution < 1.29 is 24.9 Å². The summed E-state index contributed by atoms with van der Waals surface area (Å²) in [6.07, 6.45) is 1.59. The zero-order valence-corrected chi connectivity index (χ0v) is 7.15. The summed E-state index contributed by atoms with van der Waals surface area (Å²) in [5.41, 5.74) is -2.43. The molecule has 0 aliphatic carbocycles. The van der Waals surface area contributed by atoms with Gasteiger partial charge < -0.3 is 20.1 Å². The third-order valence-electron chi connectivity index (χ3n) is 1.54. The highest BCUT2D eigenvalue weighted by Gasteiger charge is 2.41. The third-order valence-corrected chi connectivity index (χ3v) is 1.80. The third kappa shape index (κ3) is 1.61. The van der Waals surface area contributed by atoms with Gasteiger partial charge >= 0.3 is 5.97 Å². The van der Waals surface area contributed by atoms with Crippen LogP contribution in [0.1, 0.15) is 0 Å². The van der Waals surface area contributed by atoms with Crippen molar-refractivity contribution in [1.82, 2.24) is 0 Å². The van der Waals surface area contributed by atoms with Crippen molar-refractivity contribution >= 4 is 17.6 Å². The highest BCUT2D eigenvalue weighted by Crippen LogP contribution is 2.24. The summed E-state index contributed by atoms with van der Waals surface area (Å²) in [6, 6.07) is 0. The van der Waals surface area contributed by atoms with Crippen molar-refractivity contribution in [3.63, 3.8) is 0 Å². The molecule has 1 atom stereocenters. The summed E-state index contributed by atoms with van der Waals surface area (Å²) >= 11 is 5.35. The molecule has 13 heavy (non-hydrogen) atoms. The van der Waals surface area contributed by atoms with E-state index in [4.69, 9.17) is 21.8 Å². The SMILES string of the molecule is O=C(O)C1(O)C=C(CCl)OC=C1O. The number of halogens is 1. The number of aliphatic carboxylic acids is 1. The Hall–Kier alpha value is -1.20. The van der Waals surface area contributed by atoms with Gasteiger partial charge in [0.2, 0.25) is 5.60 Å². The Kier molecular flexibility index (Phi) is 2.49. The first-order valence-corrected chi connectivity index (χ1v) is 3.84. The number of carboxylic acids is 1. The largest absolute Gasteiger partial charge is 0.506 e. The molecule has 0 fully saturated rings. The second-order valence-corrected chi connectivity index (χ2v) is 2.70. The van der Waals surface area contributed by atoms with Crippen LogP contribution in [0.3, 0.4) is 0 Å². The number of aliphatic hydroxyl groups is 2. The van der Waals surface area contributed by atoms with Crippen LogP contribution in [-0.2, 0) is 9.53 Å². The minimum atomic E-state index is -2.43. The van der Waals surface area contributed by atoms with E-state index in [0.717, 1.165) is 12.3 Å². The molecule has 5 nitrogen and oxygen atoms in total.